The van der Waals surface area contributed by atoms with Crippen molar-refractivity contribution < 1.29 is 0 Å². The Hall–Kier alpha value is -1.41. The van der Waals surface area contributed by atoms with Gasteiger partial charge in [0.05, 0.1) is 0 Å². The number of hydrogen-bond donors (Lipinski definition) is 0. The van der Waals surface area contributed by atoms with E-state index < -0.39 is 0 Å². The van der Waals surface area contributed by atoms with Gasteiger partial charge in [0.15, 0.2) is 0 Å². The van der Waals surface area contributed by atoms with Crippen LogP contribution in [0.2, 0.25) is 0 Å². The number of thioether (sulfide) groups is 1. The van der Waals surface area contributed by atoms with E-state index in [0.29, 0.717) is 11.4 Å². The minimum Gasteiger partial charge on any atom is -0.351 e. The first kappa shape index (κ1) is 18.9. The molecule has 1 nitrogen and oxygen atoms in total. The first-order valence-corrected chi connectivity index (χ1v) is 11.6. The van der Waals surface area contributed by atoms with Gasteiger partial charge in [-0.15, -0.1) is 11.8 Å². The fourth-order valence-corrected chi connectivity index (χ4v) is 7.39. The highest BCUT2D eigenvalue weighted by Crippen LogP contribution is 2.54. The summed E-state index contributed by atoms with van der Waals surface area (Å²) in [7, 11) is 0. The molecule has 2 heteroatoms. The van der Waals surface area contributed by atoms with Gasteiger partial charge >= 0.3 is 0 Å². The van der Waals surface area contributed by atoms with Crippen molar-refractivity contribution >= 4 is 17.4 Å². The van der Waals surface area contributed by atoms with E-state index in [9.17, 15) is 0 Å². The number of aryl methyl sites for hydroxylation is 3. The largest absolute Gasteiger partial charge is 0.351 e. The van der Waals surface area contributed by atoms with Crippen molar-refractivity contribution in [1.29, 1.82) is 0 Å². The molecule has 2 aromatic carbocycles. The molecule has 2 aromatic rings. The van der Waals surface area contributed by atoms with E-state index in [2.05, 4.69) is 86.8 Å². The smallest absolute Gasteiger partial charge is 0.102 e. The molecule has 27 heavy (non-hydrogen) atoms. The molecule has 0 radical (unpaired) electrons. The van der Waals surface area contributed by atoms with Crippen LogP contribution in [0.4, 0.5) is 5.69 Å². The summed E-state index contributed by atoms with van der Waals surface area (Å²) in [6, 6.07) is 16.3. The second-order valence-corrected chi connectivity index (χ2v) is 9.85. The van der Waals surface area contributed by atoms with Crippen LogP contribution < -0.4 is 4.90 Å². The normalized spacial score (nSPS) is 26.5. The van der Waals surface area contributed by atoms with Crippen LogP contribution in [0, 0.1) is 26.7 Å². The Bertz CT molecular complexity index is 772. The first-order valence-electron chi connectivity index (χ1n) is 10.6. The average Bonchev–Trinajstić information content (AvgIpc) is 3.00. The topological polar surface area (TPSA) is 3.24 Å². The molecule has 1 saturated heterocycles. The van der Waals surface area contributed by atoms with Gasteiger partial charge in [-0.25, -0.2) is 0 Å². The maximum atomic E-state index is 2.74. The Morgan fingerprint density at radius 1 is 0.815 bits per heavy atom. The summed E-state index contributed by atoms with van der Waals surface area (Å²) in [6.45, 7) is 9.32. The number of nitrogens with zero attached hydrogens (tertiary/aromatic N) is 1. The monoisotopic (exact) mass is 379 g/mol. The Morgan fingerprint density at radius 2 is 1.44 bits per heavy atom. The number of para-hydroxylation sites is 1. The molecule has 4 rings (SSSR count). The van der Waals surface area contributed by atoms with Crippen molar-refractivity contribution in [3.8, 4) is 0 Å². The molecule has 0 amide bonds. The van der Waals surface area contributed by atoms with Gasteiger partial charge in [-0.3, -0.25) is 0 Å². The molecular weight excluding hydrogens is 346 g/mol. The summed E-state index contributed by atoms with van der Waals surface area (Å²) in [5.41, 5.74) is 7.22. The van der Waals surface area contributed by atoms with E-state index >= 15 is 0 Å². The molecule has 2 fully saturated rings. The molecule has 0 aromatic heterocycles. The maximum absolute atomic E-state index is 2.74. The van der Waals surface area contributed by atoms with Gasteiger partial charge in [-0.1, -0.05) is 55.7 Å². The highest BCUT2D eigenvalue weighted by atomic mass is 32.2. The van der Waals surface area contributed by atoms with E-state index in [1.54, 1.807) is 0 Å². The SMILES string of the molecule is Cc1ccccc1N1C(c2c(C)cccc2C)SC(C2CCCCC2)[C@@H]1C. The molecule has 144 valence electrons. The summed E-state index contributed by atoms with van der Waals surface area (Å²) >= 11 is 2.24. The molecular formula is C25H33NS. The van der Waals surface area contributed by atoms with Crippen molar-refractivity contribution in [3.05, 3.63) is 64.7 Å². The van der Waals surface area contributed by atoms with Crippen molar-refractivity contribution in [1.82, 2.24) is 0 Å². The third kappa shape index (κ3) is 3.53. The lowest BCUT2D eigenvalue weighted by Gasteiger charge is -2.35. The van der Waals surface area contributed by atoms with Gasteiger partial charge in [0.25, 0.3) is 0 Å². The zero-order chi connectivity index (χ0) is 19.0. The van der Waals surface area contributed by atoms with Crippen molar-refractivity contribution in [2.24, 2.45) is 5.92 Å². The molecule has 0 bridgehead atoms. The number of anilines is 1. The molecule has 2 aliphatic rings. The van der Waals surface area contributed by atoms with Gasteiger partial charge in [-0.05, 0) is 74.8 Å². The van der Waals surface area contributed by atoms with E-state index in [1.807, 2.05) is 0 Å². The number of hydrogen-bond acceptors (Lipinski definition) is 2. The van der Waals surface area contributed by atoms with Crippen LogP contribution >= 0.6 is 11.8 Å². The van der Waals surface area contributed by atoms with Crippen molar-refractivity contribution in [2.75, 3.05) is 4.90 Å². The second-order valence-electron chi connectivity index (χ2n) is 8.59. The zero-order valence-corrected chi connectivity index (χ0v) is 18.1. The van der Waals surface area contributed by atoms with Gasteiger partial charge in [0, 0.05) is 17.0 Å². The highest BCUT2D eigenvalue weighted by molar-refractivity contribution is 8.00. The standard InChI is InChI=1S/C25H33NS/c1-17-11-8-9-16-22(17)26-20(4)24(21-14-6-5-7-15-21)27-25(26)23-18(2)12-10-13-19(23)3/h8-13,16,20-21,24-25H,5-7,14-15H2,1-4H3/t20-,24?,25?/m0/s1. The van der Waals surface area contributed by atoms with Gasteiger partial charge < -0.3 is 4.90 Å². The first-order chi connectivity index (χ1) is 13.1. The lowest BCUT2D eigenvalue weighted by atomic mass is 9.84. The summed E-state index contributed by atoms with van der Waals surface area (Å²) in [6.07, 6.45) is 7.12. The average molecular weight is 380 g/mol. The van der Waals surface area contributed by atoms with Crippen molar-refractivity contribution in [3.63, 3.8) is 0 Å². The predicted molar refractivity (Wildman–Crippen MR) is 120 cm³/mol. The van der Waals surface area contributed by atoms with E-state index in [4.69, 9.17) is 0 Å². The summed E-state index contributed by atoms with van der Waals surface area (Å²) < 4.78 is 0. The molecule has 2 unspecified atom stereocenters. The minimum atomic E-state index is 0.425. The fourth-order valence-electron chi connectivity index (χ4n) is 5.29. The van der Waals surface area contributed by atoms with Crippen LogP contribution in [0.15, 0.2) is 42.5 Å². The Morgan fingerprint density at radius 3 is 2.11 bits per heavy atom. The number of benzene rings is 2. The van der Waals surface area contributed by atoms with Crippen LogP contribution in [0.5, 0.6) is 0 Å². The van der Waals surface area contributed by atoms with Gasteiger partial charge in [0.2, 0.25) is 0 Å². The zero-order valence-electron chi connectivity index (χ0n) is 17.2. The van der Waals surface area contributed by atoms with Gasteiger partial charge in [-0.2, -0.15) is 0 Å². The summed E-state index contributed by atoms with van der Waals surface area (Å²) in [5.74, 6) is 0.875. The molecule has 1 aliphatic heterocycles. The second kappa shape index (κ2) is 7.91. The Labute approximate surface area is 169 Å². The van der Waals surface area contributed by atoms with Crippen LogP contribution in [0.3, 0.4) is 0 Å². The predicted octanol–water partition coefficient (Wildman–Crippen LogP) is 7.20. The fraction of sp³-hybridized carbons (Fsp3) is 0.520. The van der Waals surface area contributed by atoms with Gasteiger partial charge in [0.1, 0.15) is 5.37 Å². The third-order valence-electron chi connectivity index (χ3n) is 6.75. The van der Waals surface area contributed by atoms with Crippen LogP contribution in [-0.2, 0) is 0 Å². The molecule has 0 N–H and O–H groups in total. The summed E-state index contributed by atoms with van der Waals surface area (Å²) in [5, 5.41) is 1.16. The molecule has 3 atom stereocenters. The lowest BCUT2D eigenvalue weighted by molar-refractivity contribution is 0.333. The lowest BCUT2D eigenvalue weighted by Crippen LogP contribution is -2.37. The van der Waals surface area contributed by atoms with Crippen LogP contribution in [0.1, 0.15) is 66.7 Å². The number of rotatable bonds is 3. The quantitative estimate of drug-likeness (QED) is 0.554. The Kier molecular flexibility index (Phi) is 5.55. The highest BCUT2D eigenvalue weighted by Gasteiger charge is 2.44. The molecule has 0 spiro atoms. The molecule has 1 aliphatic carbocycles. The van der Waals surface area contributed by atoms with Crippen molar-refractivity contribution in [2.45, 2.75) is 76.5 Å². The summed E-state index contributed by atoms with van der Waals surface area (Å²) in [4.78, 5) is 2.74. The van der Waals surface area contributed by atoms with Crippen LogP contribution in [-0.4, -0.2) is 11.3 Å². The molecule has 1 heterocycles. The maximum Gasteiger partial charge on any atom is 0.102 e. The third-order valence-corrected chi connectivity index (χ3v) is 8.56. The Balaban J connectivity index is 1.77. The molecule has 1 saturated carbocycles. The van der Waals surface area contributed by atoms with Crippen LogP contribution in [0.25, 0.3) is 0 Å². The van der Waals surface area contributed by atoms with E-state index in [1.165, 1.54) is 60.0 Å². The van der Waals surface area contributed by atoms with E-state index in [0.717, 1.165) is 11.2 Å². The minimum absolute atomic E-state index is 0.425. The van der Waals surface area contributed by atoms with E-state index in [-0.39, 0.29) is 0 Å².